The third-order valence-corrected chi connectivity index (χ3v) is 4.26. The lowest BCUT2D eigenvalue weighted by Crippen LogP contribution is -2.20. The first-order valence-corrected chi connectivity index (χ1v) is 8.29. The van der Waals surface area contributed by atoms with Crippen LogP contribution in [0.15, 0.2) is 41.1 Å². The van der Waals surface area contributed by atoms with Crippen molar-refractivity contribution < 1.29 is 4.52 Å². The molecule has 0 saturated heterocycles. The summed E-state index contributed by atoms with van der Waals surface area (Å²) in [4.78, 5) is 4.62. The summed E-state index contributed by atoms with van der Waals surface area (Å²) in [6.07, 6.45) is 2.65. The van der Waals surface area contributed by atoms with Gasteiger partial charge in [-0.2, -0.15) is 10.1 Å². The van der Waals surface area contributed by atoms with Crippen molar-refractivity contribution in [2.24, 2.45) is 7.05 Å². The Bertz CT molecular complexity index is 815. The molecule has 2 aromatic heterocycles. The zero-order valence-electron chi connectivity index (χ0n) is 14.9. The van der Waals surface area contributed by atoms with Crippen LogP contribution in [0.1, 0.15) is 50.8 Å². The largest absolute Gasteiger partial charge is 0.339 e. The maximum absolute atomic E-state index is 5.52. The molecule has 3 rings (SSSR count). The molecule has 0 aliphatic heterocycles. The van der Waals surface area contributed by atoms with Gasteiger partial charge in [-0.15, -0.1) is 0 Å². The van der Waals surface area contributed by atoms with Crippen molar-refractivity contribution in [3.05, 3.63) is 53.7 Å². The third-order valence-electron chi connectivity index (χ3n) is 4.26. The highest BCUT2D eigenvalue weighted by molar-refractivity contribution is 5.57. The number of rotatable bonds is 5. The Morgan fingerprint density at radius 1 is 1.17 bits per heavy atom. The molecule has 0 spiro atoms. The van der Waals surface area contributed by atoms with Crippen LogP contribution in [-0.2, 0) is 18.9 Å². The SMILES string of the molecule is CC(C)c1nn(C)cc1-c1noc(CC(C)(C)c2ccccc2)n1. The Morgan fingerprint density at radius 2 is 1.88 bits per heavy atom. The van der Waals surface area contributed by atoms with Crippen LogP contribution in [0.25, 0.3) is 11.4 Å². The van der Waals surface area contributed by atoms with Crippen molar-refractivity contribution in [1.29, 1.82) is 0 Å². The maximum atomic E-state index is 5.52. The summed E-state index contributed by atoms with van der Waals surface area (Å²) in [7, 11) is 1.91. The Hall–Kier alpha value is -2.43. The van der Waals surface area contributed by atoms with Gasteiger partial charge in [0.2, 0.25) is 11.7 Å². The molecule has 24 heavy (non-hydrogen) atoms. The molecule has 5 nitrogen and oxygen atoms in total. The summed E-state index contributed by atoms with van der Waals surface area (Å²) in [5.41, 5.74) is 3.13. The smallest absolute Gasteiger partial charge is 0.227 e. The van der Waals surface area contributed by atoms with Crippen LogP contribution >= 0.6 is 0 Å². The molecule has 2 heterocycles. The lowest BCUT2D eigenvalue weighted by atomic mass is 9.81. The fourth-order valence-corrected chi connectivity index (χ4v) is 2.91. The van der Waals surface area contributed by atoms with Crippen LogP contribution < -0.4 is 0 Å². The van der Waals surface area contributed by atoms with E-state index in [1.807, 2.05) is 19.3 Å². The standard InChI is InChI=1S/C19H24N4O/c1-13(2)17-15(12-23(5)21-17)18-20-16(24-22-18)11-19(3,4)14-9-7-6-8-10-14/h6-10,12-13H,11H2,1-5H3. The lowest BCUT2D eigenvalue weighted by molar-refractivity contribution is 0.347. The Labute approximate surface area is 142 Å². The van der Waals surface area contributed by atoms with Crippen LogP contribution in [0.3, 0.4) is 0 Å². The molecule has 0 aliphatic carbocycles. The number of aromatic nitrogens is 4. The summed E-state index contributed by atoms with van der Waals surface area (Å²) in [5.74, 6) is 1.58. The summed E-state index contributed by atoms with van der Waals surface area (Å²) < 4.78 is 7.32. The van der Waals surface area contributed by atoms with E-state index in [1.54, 1.807) is 4.68 Å². The molecule has 0 unspecified atom stereocenters. The molecular weight excluding hydrogens is 300 g/mol. The second-order valence-corrected chi connectivity index (χ2v) is 7.19. The normalized spacial score (nSPS) is 12.1. The van der Waals surface area contributed by atoms with Gasteiger partial charge in [0.15, 0.2) is 0 Å². The predicted octanol–water partition coefficient (Wildman–Crippen LogP) is 4.11. The van der Waals surface area contributed by atoms with E-state index in [4.69, 9.17) is 4.52 Å². The highest BCUT2D eigenvalue weighted by Crippen LogP contribution is 2.29. The number of nitrogens with zero attached hydrogens (tertiary/aromatic N) is 4. The van der Waals surface area contributed by atoms with Crippen molar-refractivity contribution in [3.63, 3.8) is 0 Å². The molecule has 0 saturated carbocycles. The molecule has 0 fully saturated rings. The summed E-state index contributed by atoms with van der Waals surface area (Å²) in [5, 5.41) is 8.69. The second kappa shape index (κ2) is 6.23. The quantitative estimate of drug-likeness (QED) is 0.708. The van der Waals surface area contributed by atoms with Gasteiger partial charge in [0.25, 0.3) is 0 Å². The second-order valence-electron chi connectivity index (χ2n) is 7.19. The fourth-order valence-electron chi connectivity index (χ4n) is 2.91. The molecule has 0 radical (unpaired) electrons. The van der Waals surface area contributed by atoms with Crippen LogP contribution in [0.4, 0.5) is 0 Å². The average molecular weight is 324 g/mol. The highest BCUT2D eigenvalue weighted by atomic mass is 16.5. The van der Waals surface area contributed by atoms with Gasteiger partial charge in [-0.05, 0) is 16.9 Å². The Balaban J connectivity index is 1.87. The van der Waals surface area contributed by atoms with Crippen LogP contribution in [0.5, 0.6) is 0 Å². The molecule has 126 valence electrons. The number of aryl methyl sites for hydroxylation is 1. The van der Waals surface area contributed by atoms with E-state index in [-0.39, 0.29) is 5.41 Å². The minimum Gasteiger partial charge on any atom is -0.339 e. The van der Waals surface area contributed by atoms with E-state index in [1.165, 1.54) is 5.56 Å². The van der Waals surface area contributed by atoms with E-state index < -0.39 is 0 Å². The van der Waals surface area contributed by atoms with E-state index in [0.717, 1.165) is 11.3 Å². The van der Waals surface area contributed by atoms with Gasteiger partial charge in [-0.1, -0.05) is 63.2 Å². The summed E-state index contributed by atoms with van der Waals surface area (Å²) in [6, 6.07) is 10.4. The van der Waals surface area contributed by atoms with Crippen molar-refractivity contribution >= 4 is 0 Å². The van der Waals surface area contributed by atoms with E-state index >= 15 is 0 Å². The topological polar surface area (TPSA) is 56.7 Å². The van der Waals surface area contributed by atoms with Gasteiger partial charge in [-0.25, -0.2) is 0 Å². The monoisotopic (exact) mass is 324 g/mol. The number of hydrogen-bond acceptors (Lipinski definition) is 4. The Kier molecular flexibility index (Phi) is 4.26. The molecule has 0 atom stereocenters. The van der Waals surface area contributed by atoms with E-state index in [0.29, 0.717) is 24.1 Å². The molecule has 1 aromatic carbocycles. The molecule has 0 amide bonds. The maximum Gasteiger partial charge on any atom is 0.227 e. The summed E-state index contributed by atoms with van der Waals surface area (Å²) >= 11 is 0. The van der Waals surface area contributed by atoms with E-state index in [2.05, 4.69) is 67.2 Å². The zero-order chi connectivity index (χ0) is 17.3. The first kappa shape index (κ1) is 16.4. The van der Waals surface area contributed by atoms with Crippen molar-refractivity contribution in [2.45, 2.75) is 45.4 Å². The van der Waals surface area contributed by atoms with Crippen LogP contribution in [0, 0.1) is 0 Å². The van der Waals surface area contributed by atoms with Gasteiger partial charge in [-0.3, -0.25) is 4.68 Å². The Morgan fingerprint density at radius 3 is 2.54 bits per heavy atom. The van der Waals surface area contributed by atoms with Crippen molar-refractivity contribution in [3.8, 4) is 11.4 Å². The molecule has 0 N–H and O–H groups in total. The third kappa shape index (κ3) is 3.25. The number of hydrogen-bond donors (Lipinski definition) is 0. The minimum atomic E-state index is -0.0686. The molecule has 0 aliphatic rings. The van der Waals surface area contributed by atoms with Gasteiger partial charge in [0, 0.05) is 19.7 Å². The lowest BCUT2D eigenvalue weighted by Gasteiger charge is -2.23. The van der Waals surface area contributed by atoms with Gasteiger partial charge in [0.05, 0.1) is 11.3 Å². The van der Waals surface area contributed by atoms with Crippen molar-refractivity contribution in [1.82, 2.24) is 19.9 Å². The first-order chi connectivity index (χ1) is 11.4. The van der Waals surface area contributed by atoms with Gasteiger partial charge in [0.1, 0.15) is 0 Å². The van der Waals surface area contributed by atoms with Crippen molar-refractivity contribution in [2.75, 3.05) is 0 Å². The van der Waals surface area contributed by atoms with Crippen LogP contribution in [0.2, 0.25) is 0 Å². The zero-order valence-corrected chi connectivity index (χ0v) is 14.9. The fraction of sp³-hybridized carbons (Fsp3) is 0.421. The molecule has 5 heteroatoms. The molecule has 0 bridgehead atoms. The predicted molar refractivity (Wildman–Crippen MR) is 93.8 cm³/mol. The average Bonchev–Trinajstić information content (AvgIpc) is 3.14. The molecular formula is C19H24N4O. The van der Waals surface area contributed by atoms with Gasteiger partial charge >= 0.3 is 0 Å². The first-order valence-electron chi connectivity index (χ1n) is 8.29. The minimum absolute atomic E-state index is 0.0686. The molecule has 3 aromatic rings. The van der Waals surface area contributed by atoms with Gasteiger partial charge < -0.3 is 4.52 Å². The number of benzene rings is 1. The van der Waals surface area contributed by atoms with Crippen LogP contribution in [-0.4, -0.2) is 19.9 Å². The summed E-state index contributed by atoms with van der Waals surface area (Å²) in [6.45, 7) is 8.61. The van der Waals surface area contributed by atoms with E-state index in [9.17, 15) is 0 Å². The highest BCUT2D eigenvalue weighted by Gasteiger charge is 2.25.